The standard InChI is InChI=1S/C17H16N2O4S2/c20-15(18-8-7-16-19-12(10-25-16)17(21)22)6-4-11-3-5-13(23-11)14-2-1-9-24-14/h1-3,5,9-10H,4,6-8H2,(H,18,20)(H,21,22). The summed E-state index contributed by atoms with van der Waals surface area (Å²) < 4.78 is 5.74. The van der Waals surface area contributed by atoms with Gasteiger partial charge in [-0.05, 0) is 23.6 Å². The molecule has 0 saturated carbocycles. The molecular weight excluding hydrogens is 360 g/mol. The minimum Gasteiger partial charge on any atom is -0.476 e. The molecular formula is C17H16N2O4S2. The Morgan fingerprint density at radius 3 is 2.80 bits per heavy atom. The first-order valence-electron chi connectivity index (χ1n) is 7.69. The van der Waals surface area contributed by atoms with Gasteiger partial charge in [0, 0.05) is 31.2 Å². The maximum Gasteiger partial charge on any atom is 0.355 e. The second kappa shape index (κ2) is 8.09. The van der Waals surface area contributed by atoms with Crippen LogP contribution < -0.4 is 5.32 Å². The van der Waals surface area contributed by atoms with Crippen LogP contribution in [0.5, 0.6) is 0 Å². The molecule has 0 unspecified atom stereocenters. The van der Waals surface area contributed by atoms with Gasteiger partial charge in [0.1, 0.15) is 11.5 Å². The Morgan fingerprint density at radius 1 is 1.20 bits per heavy atom. The summed E-state index contributed by atoms with van der Waals surface area (Å²) in [6, 6.07) is 7.78. The van der Waals surface area contributed by atoms with Crippen LogP contribution in [0.25, 0.3) is 10.6 Å². The van der Waals surface area contributed by atoms with Crippen LogP contribution in [0.4, 0.5) is 0 Å². The zero-order valence-corrected chi connectivity index (χ0v) is 14.9. The topological polar surface area (TPSA) is 92.4 Å². The SMILES string of the molecule is O=C(CCc1ccc(-c2cccs2)o1)NCCc1nc(C(=O)O)cs1. The minimum atomic E-state index is -1.04. The first-order valence-corrected chi connectivity index (χ1v) is 9.45. The van der Waals surface area contributed by atoms with Crippen molar-refractivity contribution in [3.63, 3.8) is 0 Å². The van der Waals surface area contributed by atoms with Gasteiger partial charge >= 0.3 is 5.97 Å². The highest BCUT2D eigenvalue weighted by Crippen LogP contribution is 2.26. The summed E-state index contributed by atoms with van der Waals surface area (Å²) in [4.78, 5) is 27.7. The van der Waals surface area contributed by atoms with Crippen molar-refractivity contribution >= 4 is 34.6 Å². The van der Waals surface area contributed by atoms with Crippen molar-refractivity contribution in [2.24, 2.45) is 0 Å². The number of aromatic carboxylic acids is 1. The Kier molecular flexibility index (Phi) is 5.62. The number of hydrogen-bond donors (Lipinski definition) is 2. The Labute approximate surface area is 152 Å². The lowest BCUT2D eigenvalue weighted by Crippen LogP contribution is -2.25. The van der Waals surface area contributed by atoms with Crippen LogP contribution in [0.3, 0.4) is 0 Å². The highest BCUT2D eigenvalue weighted by molar-refractivity contribution is 7.13. The fourth-order valence-electron chi connectivity index (χ4n) is 2.22. The van der Waals surface area contributed by atoms with Crippen molar-refractivity contribution in [2.45, 2.75) is 19.3 Å². The Morgan fingerprint density at radius 2 is 2.08 bits per heavy atom. The number of amides is 1. The van der Waals surface area contributed by atoms with E-state index in [0.29, 0.717) is 30.8 Å². The van der Waals surface area contributed by atoms with Gasteiger partial charge in [-0.25, -0.2) is 9.78 Å². The summed E-state index contributed by atoms with van der Waals surface area (Å²) in [5.74, 6) is 0.504. The average molecular weight is 376 g/mol. The molecule has 3 rings (SSSR count). The summed E-state index contributed by atoms with van der Waals surface area (Å²) >= 11 is 2.90. The fraction of sp³-hybridized carbons (Fsp3) is 0.235. The van der Waals surface area contributed by atoms with Gasteiger partial charge < -0.3 is 14.8 Å². The summed E-state index contributed by atoms with van der Waals surface area (Å²) in [7, 11) is 0. The first kappa shape index (κ1) is 17.4. The summed E-state index contributed by atoms with van der Waals surface area (Å²) in [5, 5.41) is 15.8. The van der Waals surface area contributed by atoms with Crippen LogP contribution in [-0.4, -0.2) is 28.5 Å². The van der Waals surface area contributed by atoms with Crippen molar-refractivity contribution in [1.29, 1.82) is 0 Å². The van der Waals surface area contributed by atoms with E-state index >= 15 is 0 Å². The molecule has 0 bridgehead atoms. The lowest BCUT2D eigenvalue weighted by atomic mass is 10.2. The van der Waals surface area contributed by atoms with Gasteiger partial charge in [-0.15, -0.1) is 22.7 Å². The van der Waals surface area contributed by atoms with Crippen molar-refractivity contribution in [3.8, 4) is 10.6 Å². The molecule has 0 aliphatic heterocycles. The number of thiazole rings is 1. The third-order valence-electron chi connectivity index (χ3n) is 3.46. The van der Waals surface area contributed by atoms with Crippen molar-refractivity contribution < 1.29 is 19.1 Å². The summed E-state index contributed by atoms with van der Waals surface area (Å²) in [6.07, 6.45) is 1.40. The number of rotatable bonds is 8. The first-order chi connectivity index (χ1) is 12.1. The minimum absolute atomic E-state index is 0.0469. The highest BCUT2D eigenvalue weighted by Gasteiger charge is 2.10. The molecule has 0 aliphatic carbocycles. The molecule has 8 heteroatoms. The number of carboxylic acid groups (broad SMARTS) is 1. The highest BCUT2D eigenvalue weighted by atomic mass is 32.1. The van der Waals surface area contributed by atoms with Crippen molar-refractivity contribution in [1.82, 2.24) is 10.3 Å². The van der Waals surface area contributed by atoms with E-state index in [1.54, 1.807) is 11.3 Å². The number of nitrogens with zero attached hydrogens (tertiary/aromatic N) is 1. The summed E-state index contributed by atoms with van der Waals surface area (Å²) in [6.45, 7) is 0.435. The van der Waals surface area contributed by atoms with Crippen LogP contribution >= 0.6 is 22.7 Å². The quantitative estimate of drug-likeness (QED) is 0.628. The predicted octanol–water partition coefficient (Wildman–Crippen LogP) is 3.45. The van der Waals surface area contributed by atoms with Gasteiger partial charge in [-0.1, -0.05) is 6.07 Å². The third-order valence-corrected chi connectivity index (χ3v) is 5.25. The van der Waals surface area contributed by atoms with Crippen molar-refractivity contribution in [2.75, 3.05) is 6.54 Å². The monoisotopic (exact) mass is 376 g/mol. The molecule has 3 heterocycles. The third kappa shape index (κ3) is 4.77. The lowest BCUT2D eigenvalue weighted by molar-refractivity contribution is -0.121. The van der Waals surface area contributed by atoms with Gasteiger partial charge in [0.2, 0.25) is 5.91 Å². The Bertz CT molecular complexity index is 852. The number of furan rings is 1. The van der Waals surface area contributed by atoms with Crippen LogP contribution in [0.15, 0.2) is 39.4 Å². The van der Waals surface area contributed by atoms with Gasteiger partial charge in [-0.3, -0.25) is 4.79 Å². The number of hydrogen-bond acceptors (Lipinski definition) is 6. The van der Waals surface area contributed by atoms with E-state index in [9.17, 15) is 9.59 Å². The molecule has 0 atom stereocenters. The molecule has 0 radical (unpaired) electrons. The molecule has 0 aromatic carbocycles. The second-order valence-corrected chi connectivity index (χ2v) is 7.17. The molecule has 0 saturated heterocycles. The predicted molar refractivity (Wildman–Crippen MR) is 96.1 cm³/mol. The number of carbonyl (C=O) groups excluding carboxylic acids is 1. The van der Waals surface area contributed by atoms with Gasteiger partial charge in [0.15, 0.2) is 5.69 Å². The number of aromatic nitrogens is 1. The molecule has 0 aliphatic rings. The molecule has 2 N–H and O–H groups in total. The molecule has 0 fully saturated rings. The molecule has 0 spiro atoms. The number of nitrogens with one attached hydrogen (secondary N) is 1. The molecule has 6 nitrogen and oxygen atoms in total. The van der Waals surface area contributed by atoms with Crippen LogP contribution in [0, 0.1) is 0 Å². The second-order valence-electron chi connectivity index (χ2n) is 5.27. The smallest absolute Gasteiger partial charge is 0.355 e. The van der Waals surface area contributed by atoms with Crippen molar-refractivity contribution in [3.05, 3.63) is 51.5 Å². The van der Waals surface area contributed by atoms with E-state index in [0.717, 1.165) is 16.4 Å². The van der Waals surface area contributed by atoms with E-state index < -0.39 is 5.97 Å². The Hall–Kier alpha value is -2.45. The normalized spacial score (nSPS) is 10.7. The molecule has 130 valence electrons. The van der Waals surface area contributed by atoms with Crippen LogP contribution in [-0.2, 0) is 17.6 Å². The number of carboxylic acids is 1. The maximum absolute atomic E-state index is 11.9. The summed E-state index contributed by atoms with van der Waals surface area (Å²) in [5.41, 5.74) is 0.0469. The van der Waals surface area contributed by atoms with E-state index in [4.69, 9.17) is 9.52 Å². The van der Waals surface area contributed by atoms with E-state index in [2.05, 4.69) is 10.3 Å². The zero-order chi connectivity index (χ0) is 17.6. The Balaban J connectivity index is 1.40. The van der Waals surface area contributed by atoms with Crippen LogP contribution in [0.2, 0.25) is 0 Å². The number of carbonyl (C=O) groups is 2. The lowest BCUT2D eigenvalue weighted by Gasteiger charge is -2.03. The van der Waals surface area contributed by atoms with E-state index in [1.807, 2.05) is 29.6 Å². The number of aryl methyl sites for hydroxylation is 1. The number of thiophene rings is 1. The average Bonchev–Trinajstić information content (AvgIpc) is 3.33. The van der Waals surface area contributed by atoms with Crippen LogP contribution in [0.1, 0.15) is 27.7 Å². The molecule has 1 amide bonds. The van der Waals surface area contributed by atoms with E-state index in [-0.39, 0.29) is 11.6 Å². The molecule has 3 aromatic rings. The fourth-order valence-corrected chi connectivity index (χ4v) is 3.68. The van der Waals surface area contributed by atoms with Gasteiger partial charge in [-0.2, -0.15) is 0 Å². The molecule has 3 aromatic heterocycles. The molecule has 25 heavy (non-hydrogen) atoms. The van der Waals surface area contributed by atoms with Gasteiger partial charge in [0.05, 0.1) is 9.88 Å². The maximum atomic E-state index is 11.9. The van der Waals surface area contributed by atoms with E-state index in [1.165, 1.54) is 16.7 Å². The largest absolute Gasteiger partial charge is 0.476 e. The zero-order valence-electron chi connectivity index (χ0n) is 13.2. The van der Waals surface area contributed by atoms with Gasteiger partial charge in [0.25, 0.3) is 0 Å².